The van der Waals surface area contributed by atoms with Gasteiger partial charge in [-0.1, -0.05) is 6.07 Å². The van der Waals surface area contributed by atoms with Crippen molar-refractivity contribution in [3.63, 3.8) is 0 Å². The Morgan fingerprint density at radius 3 is 2.86 bits per heavy atom. The lowest BCUT2D eigenvalue weighted by atomic mass is 9.99. The van der Waals surface area contributed by atoms with Gasteiger partial charge < -0.3 is 4.42 Å². The average Bonchev–Trinajstić information content (AvgIpc) is 3.17. The zero-order chi connectivity index (χ0) is 20.0. The van der Waals surface area contributed by atoms with Crippen LogP contribution in [-0.4, -0.2) is 40.4 Å². The molecule has 1 atom stereocenters. The quantitative estimate of drug-likeness (QED) is 0.481. The van der Waals surface area contributed by atoms with E-state index in [-0.39, 0.29) is 10.8 Å². The molecule has 5 rings (SSSR count). The number of fused-ring (bicyclic) bond motifs is 2. The van der Waals surface area contributed by atoms with Gasteiger partial charge >= 0.3 is 5.63 Å². The molecule has 0 radical (unpaired) electrons. The third-order valence-electron chi connectivity index (χ3n) is 5.32. The molecule has 1 unspecified atom stereocenters. The van der Waals surface area contributed by atoms with Crippen molar-refractivity contribution in [1.82, 2.24) is 18.9 Å². The molecule has 148 valence electrons. The largest absolute Gasteiger partial charge is 0.423 e. The first-order chi connectivity index (χ1) is 14.0. The summed E-state index contributed by atoms with van der Waals surface area (Å²) in [5, 5.41) is 9.07. The van der Waals surface area contributed by atoms with Crippen LogP contribution in [0.25, 0.3) is 16.6 Å². The van der Waals surface area contributed by atoms with E-state index in [0.29, 0.717) is 24.1 Å². The second-order valence-electron chi connectivity index (χ2n) is 7.14. The van der Waals surface area contributed by atoms with Gasteiger partial charge in [-0.3, -0.25) is 4.40 Å². The van der Waals surface area contributed by atoms with E-state index >= 15 is 0 Å². The van der Waals surface area contributed by atoms with Gasteiger partial charge in [-0.2, -0.15) is 4.31 Å². The Morgan fingerprint density at radius 2 is 1.97 bits per heavy atom. The van der Waals surface area contributed by atoms with E-state index in [4.69, 9.17) is 4.42 Å². The molecule has 1 aliphatic heterocycles. The summed E-state index contributed by atoms with van der Waals surface area (Å²) in [5.41, 5.74) is 0.647. The van der Waals surface area contributed by atoms with Crippen molar-refractivity contribution >= 4 is 26.6 Å². The molecule has 4 aromatic rings. The lowest BCUT2D eigenvalue weighted by Crippen LogP contribution is -2.39. The fourth-order valence-corrected chi connectivity index (χ4v) is 5.43. The van der Waals surface area contributed by atoms with Crippen molar-refractivity contribution in [2.24, 2.45) is 0 Å². The van der Waals surface area contributed by atoms with E-state index in [0.717, 1.165) is 24.3 Å². The third kappa shape index (κ3) is 3.12. The Hall–Kier alpha value is -3.04. The maximum atomic E-state index is 13.3. The van der Waals surface area contributed by atoms with Crippen molar-refractivity contribution in [2.45, 2.75) is 23.7 Å². The van der Waals surface area contributed by atoms with E-state index in [1.165, 1.54) is 22.5 Å². The first-order valence-electron chi connectivity index (χ1n) is 9.36. The Morgan fingerprint density at radius 1 is 1.07 bits per heavy atom. The van der Waals surface area contributed by atoms with Crippen molar-refractivity contribution in [2.75, 3.05) is 13.1 Å². The summed E-state index contributed by atoms with van der Waals surface area (Å²) in [4.78, 5) is 11.5. The number of hydrogen-bond donors (Lipinski definition) is 0. The van der Waals surface area contributed by atoms with Gasteiger partial charge in [-0.05, 0) is 49.2 Å². The first kappa shape index (κ1) is 18.0. The van der Waals surface area contributed by atoms with Crippen LogP contribution >= 0.6 is 0 Å². The van der Waals surface area contributed by atoms with Crippen LogP contribution in [0.5, 0.6) is 0 Å². The Bertz CT molecular complexity index is 1380. The number of piperidine rings is 1. The van der Waals surface area contributed by atoms with Gasteiger partial charge in [-0.25, -0.2) is 13.2 Å². The Kier molecular flexibility index (Phi) is 4.21. The Balaban J connectivity index is 1.48. The van der Waals surface area contributed by atoms with E-state index < -0.39 is 15.6 Å². The normalized spacial score (nSPS) is 18.4. The lowest BCUT2D eigenvalue weighted by molar-refractivity contribution is 0.308. The van der Waals surface area contributed by atoms with Crippen molar-refractivity contribution in [3.05, 3.63) is 71.0 Å². The van der Waals surface area contributed by atoms with Crippen LogP contribution in [0, 0.1) is 0 Å². The zero-order valence-electron chi connectivity index (χ0n) is 15.4. The molecule has 8 nitrogen and oxygen atoms in total. The van der Waals surface area contributed by atoms with Gasteiger partial charge in [0.25, 0.3) is 0 Å². The number of benzene rings is 1. The van der Waals surface area contributed by atoms with Crippen LogP contribution in [0.4, 0.5) is 0 Å². The predicted molar refractivity (Wildman–Crippen MR) is 106 cm³/mol. The molecule has 0 saturated carbocycles. The molecule has 0 amide bonds. The monoisotopic (exact) mass is 410 g/mol. The molecule has 29 heavy (non-hydrogen) atoms. The highest BCUT2D eigenvalue weighted by atomic mass is 32.2. The predicted octanol–water partition coefficient (Wildman–Crippen LogP) is 2.40. The van der Waals surface area contributed by atoms with Crippen molar-refractivity contribution in [3.8, 4) is 0 Å². The van der Waals surface area contributed by atoms with Gasteiger partial charge in [0, 0.05) is 36.7 Å². The van der Waals surface area contributed by atoms with Crippen LogP contribution in [-0.2, 0) is 10.0 Å². The Labute approximate surface area is 166 Å². The second-order valence-corrected chi connectivity index (χ2v) is 9.08. The van der Waals surface area contributed by atoms with Gasteiger partial charge in [0.15, 0.2) is 5.65 Å². The van der Waals surface area contributed by atoms with E-state index in [2.05, 4.69) is 10.2 Å². The fraction of sp³-hybridized carbons (Fsp3) is 0.250. The molecule has 3 aromatic heterocycles. The first-order valence-corrected chi connectivity index (χ1v) is 10.8. The van der Waals surface area contributed by atoms with Gasteiger partial charge in [-0.15, -0.1) is 10.2 Å². The highest BCUT2D eigenvalue weighted by Crippen LogP contribution is 2.30. The molecule has 1 aromatic carbocycles. The number of hydrogen-bond acceptors (Lipinski definition) is 6. The molecule has 0 bridgehead atoms. The number of rotatable bonds is 3. The molecular weight excluding hydrogens is 392 g/mol. The van der Waals surface area contributed by atoms with Crippen molar-refractivity contribution < 1.29 is 12.8 Å². The molecule has 4 heterocycles. The standard InChI is InChI=1S/C20H18N4O4S/c25-19-9-6-14-12-16(7-8-17(14)28-19)29(26,27)23-10-3-4-15(13-23)20-22-21-18-5-1-2-11-24(18)20/h1-2,5-9,11-12,15H,3-4,10,13H2. The maximum Gasteiger partial charge on any atom is 0.336 e. The molecule has 1 fully saturated rings. The lowest BCUT2D eigenvalue weighted by Gasteiger charge is -2.31. The summed E-state index contributed by atoms with van der Waals surface area (Å²) in [7, 11) is -3.68. The highest BCUT2D eigenvalue weighted by Gasteiger charge is 2.33. The topological polar surface area (TPSA) is 97.8 Å². The van der Waals surface area contributed by atoms with Gasteiger partial charge in [0.2, 0.25) is 10.0 Å². The zero-order valence-corrected chi connectivity index (χ0v) is 16.2. The summed E-state index contributed by atoms with van der Waals surface area (Å²) >= 11 is 0. The van der Waals surface area contributed by atoms with Crippen LogP contribution in [0.3, 0.4) is 0 Å². The van der Waals surface area contributed by atoms with Crippen LogP contribution in [0.1, 0.15) is 24.6 Å². The third-order valence-corrected chi connectivity index (χ3v) is 7.18. The SMILES string of the molecule is O=c1ccc2cc(S(=O)(=O)N3CCCC(c4nnc5ccccn45)C3)ccc2o1. The molecule has 0 aliphatic carbocycles. The minimum absolute atomic E-state index is 0.0330. The van der Waals surface area contributed by atoms with E-state index in [1.807, 2.05) is 28.8 Å². The van der Waals surface area contributed by atoms with Crippen LogP contribution < -0.4 is 5.63 Å². The molecule has 0 N–H and O–H groups in total. The fourth-order valence-electron chi connectivity index (χ4n) is 3.87. The van der Waals surface area contributed by atoms with Crippen molar-refractivity contribution in [1.29, 1.82) is 0 Å². The maximum absolute atomic E-state index is 13.3. The van der Waals surface area contributed by atoms with E-state index in [1.54, 1.807) is 12.1 Å². The van der Waals surface area contributed by atoms with Gasteiger partial charge in [0.05, 0.1) is 4.90 Å². The smallest absolute Gasteiger partial charge is 0.336 e. The van der Waals surface area contributed by atoms with Crippen LogP contribution in [0.2, 0.25) is 0 Å². The average molecular weight is 410 g/mol. The molecule has 0 spiro atoms. The number of nitrogens with zero attached hydrogens (tertiary/aromatic N) is 4. The van der Waals surface area contributed by atoms with Crippen LogP contribution in [0.15, 0.2) is 68.8 Å². The molecule has 1 aliphatic rings. The minimum atomic E-state index is -3.68. The summed E-state index contributed by atoms with van der Waals surface area (Å²) in [5.74, 6) is 0.746. The van der Waals surface area contributed by atoms with E-state index in [9.17, 15) is 13.2 Å². The number of sulfonamides is 1. The molecular formula is C20H18N4O4S. The highest BCUT2D eigenvalue weighted by molar-refractivity contribution is 7.89. The summed E-state index contributed by atoms with van der Waals surface area (Å²) in [6.45, 7) is 0.803. The number of aromatic nitrogens is 3. The summed E-state index contributed by atoms with van der Waals surface area (Å²) in [6, 6.07) is 13.1. The summed E-state index contributed by atoms with van der Waals surface area (Å²) < 4.78 is 35.1. The summed E-state index contributed by atoms with van der Waals surface area (Å²) in [6.07, 6.45) is 3.49. The minimum Gasteiger partial charge on any atom is -0.423 e. The molecule has 1 saturated heterocycles. The number of pyridine rings is 1. The second kappa shape index (κ2) is 6.78. The molecule has 9 heteroatoms. The van der Waals surface area contributed by atoms with Gasteiger partial charge in [0.1, 0.15) is 11.4 Å².